The van der Waals surface area contributed by atoms with E-state index in [9.17, 15) is 4.79 Å². The van der Waals surface area contributed by atoms with Gasteiger partial charge in [-0.3, -0.25) is 0 Å². The van der Waals surface area contributed by atoms with E-state index in [1.165, 1.54) is 23.4 Å². The quantitative estimate of drug-likeness (QED) is 0.647. The zero-order chi connectivity index (χ0) is 13.7. The molecule has 0 amide bonds. The van der Waals surface area contributed by atoms with E-state index < -0.39 is 5.97 Å². The number of ether oxygens (including phenoxy) is 1. The minimum Gasteiger partial charge on any atom is -0.493 e. The van der Waals surface area contributed by atoms with Crippen LogP contribution in [0.25, 0.3) is 0 Å². The summed E-state index contributed by atoms with van der Waals surface area (Å²) in [6, 6.07) is 10.9. The van der Waals surface area contributed by atoms with Crippen LogP contribution in [0.2, 0.25) is 0 Å². The summed E-state index contributed by atoms with van der Waals surface area (Å²) < 4.78 is 10.7. The third-order valence-corrected chi connectivity index (χ3v) is 3.28. The summed E-state index contributed by atoms with van der Waals surface area (Å²) in [6.07, 6.45) is 0. The van der Waals surface area contributed by atoms with Crippen molar-refractivity contribution in [1.82, 2.24) is 0 Å². The molecule has 2 rings (SSSR count). The number of carboxylic acids is 1. The van der Waals surface area contributed by atoms with Gasteiger partial charge in [0, 0.05) is 5.75 Å². The van der Waals surface area contributed by atoms with Gasteiger partial charge in [0.25, 0.3) is 0 Å². The first-order chi connectivity index (χ1) is 9.15. The van der Waals surface area contributed by atoms with E-state index in [0.717, 1.165) is 5.75 Å². The molecular weight excluding hydrogens is 264 g/mol. The maximum atomic E-state index is 10.6. The summed E-state index contributed by atoms with van der Waals surface area (Å²) >= 11 is 1.43. The molecule has 0 aliphatic carbocycles. The highest BCUT2D eigenvalue weighted by Crippen LogP contribution is 2.21. The molecule has 0 atom stereocenters. The van der Waals surface area contributed by atoms with Gasteiger partial charge in [-0.25, -0.2) is 4.79 Å². The third-order valence-electron chi connectivity index (χ3n) is 2.41. The molecule has 4 nitrogen and oxygen atoms in total. The molecule has 0 saturated carbocycles. The van der Waals surface area contributed by atoms with Crippen LogP contribution in [0.15, 0.2) is 45.9 Å². The lowest BCUT2D eigenvalue weighted by Crippen LogP contribution is -1.99. The molecule has 1 N–H and O–H groups in total. The number of benzene rings is 1. The van der Waals surface area contributed by atoms with Crippen molar-refractivity contribution in [3.63, 3.8) is 0 Å². The Morgan fingerprint density at radius 2 is 2.00 bits per heavy atom. The molecule has 0 radical (unpaired) electrons. The Bertz CT molecular complexity index is 545. The lowest BCUT2D eigenvalue weighted by Gasteiger charge is -2.05. The lowest BCUT2D eigenvalue weighted by molar-refractivity contribution is 0.0656. The van der Waals surface area contributed by atoms with Crippen molar-refractivity contribution < 1.29 is 19.1 Å². The van der Waals surface area contributed by atoms with Crippen molar-refractivity contribution in [2.45, 2.75) is 12.0 Å². The molecule has 0 spiro atoms. The van der Waals surface area contributed by atoms with E-state index in [4.69, 9.17) is 14.3 Å². The van der Waals surface area contributed by atoms with Crippen LogP contribution in [0.1, 0.15) is 16.1 Å². The zero-order valence-corrected chi connectivity index (χ0v) is 11.3. The van der Waals surface area contributed by atoms with Crippen molar-refractivity contribution in [2.75, 3.05) is 12.4 Å². The Kier molecular flexibility index (Phi) is 4.52. The van der Waals surface area contributed by atoms with Gasteiger partial charge < -0.3 is 14.3 Å². The van der Waals surface area contributed by atoms with Crippen molar-refractivity contribution >= 4 is 17.7 Å². The second kappa shape index (κ2) is 6.33. The molecule has 100 valence electrons. The molecule has 0 saturated heterocycles. The fourth-order valence-electron chi connectivity index (χ4n) is 1.45. The summed E-state index contributed by atoms with van der Waals surface area (Å²) in [6.45, 7) is 2.56. The number of carboxylic acid groups (broad SMARTS) is 1. The van der Waals surface area contributed by atoms with Crippen LogP contribution >= 0.6 is 11.8 Å². The average Bonchev–Trinajstić information content (AvgIpc) is 2.86. The number of thioether (sulfide) groups is 1. The number of hydrogen-bond acceptors (Lipinski definition) is 4. The highest BCUT2D eigenvalue weighted by atomic mass is 32.2. The van der Waals surface area contributed by atoms with E-state index >= 15 is 0 Å². The van der Waals surface area contributed by atoms with Crippen LogP contribution in [-0.2, 0) is 0 Å². The fraction of sp³-hybridized carbons (Fsp3) is 0.214. The molecule has 0 fully saturated rings. The topological polar surface area (TPSA) is 59.7 Å². The summed E-state index contributed by atoms with van der Waals surface area (Å²) in [5.41, 5.74) is 1.19. The van der Waals surface area contributed by atoms with Gasteiger partial charge in [0.15, 0.2) is 5.09 Å². The monoisotopic (exact) mass is 278 g/mol. The molecule has 19 heavy (non-hydrogen) atoms. The van der Waals surface area contributed by atoms with Crippen LogP contribution < -0.4 is 4.74 Å². The van der Waals surface area contributed by atoms with Gasteiger partial charge in [0.2, 0.25) is 5.76 Å². The van der Waals surface area contributed by atoms with E-state index in [1.54, 1.807) is 6.07 Å². The highest BCUT2D eigenvalue weighted by Gasteiger charge is 2.08. The smallest absolute Gasteiger partial charge is 0.371 e. The molecule has 0 aliphatic rings. The standard InChI is InChI=1S/C14H14O4S/c1-10-2-4-11(5-3-10)17-8-9-19-13-7-6-12(18-13)14(15)16/h2-7H,8-9H2,1H3,(H,15,16). The predicted molar refractivity (Wildman–Crippen MR) is 73.1 cm³/mol. The van der Waals surface area contributed by atoms with E-state index in [2.05, 4.69) is 0 Å². The van der Waals surface area contributed by atoms with Gasteiger partial charge in [0.1, 0.15) is 5.75 Å². The van der Waals surface area contributed by atoms with Crippen molar-refractivity contribution in [3.05, 3.63) is 47.7 Å². The van der Waals surface area contributed by atoms with E-state index in [-0.39, 0.29) is 5.76 Å². The fourth-order valence-corrected chi connectivity index (χ4v) is 2.13. The predicted octanol–water partition coefficient (Wildman–Crippen LogP) is 3.46. The van der Waals surface area contributed by atoms with Gasteiger partial charge in [-0.1, -0.05) is 29.5 Å². The van der Waals surface area contributed by atoms with Crippen molar-refractivity contribution in [2.24, 2.45) is 0 Å². The second-order valence-electron chi connectivity index (χ2n) is 3.93. The Morgan fingerprint density at radius 3 is 2.63 bits per heavy atom. The average molecular weight is 278 g/mol. The van der Waals surface area contributed by atoms with Gasteiger partial charge >= 0.3 is 5.97 Å². The number of aryl methyl sites for hydroxylation is 1. The first kappa shape index (κ1) is 13.5. The zero-order valence-electron chi connectivity index (χ0n) is 10.5. The van der Waals surface area contributed by atoms with Crippen LogP contribution in [0.4, 0.5) is 0 Å². The second-order valence-corrected chi connectivity index (χ2v) is 5.03. The Hall–Kier alpha value is -1.88. The van der Waals surface area contributed by atoms with Crippen LogP contribution in [0, 0.1) is 6.92 Å². The maximum absolute atomic E-state index is 10.6. The maximum Gasteiger partial charge on any atom is 0.371 e. The van der Waals surface area contributed by atoms with E-state index in [1.807, 2.05) is 31.2 Å². The van der Waals surface area contributed by atoms with Gasteiger partial charge in [-0.2, -0.15) is 0 Å². The third kappa shape index (κ3) is 4.06. The highest BCUT2D eigenvalue weighted by molar-refractivity contribution is 7.99. The molecule has 0 unspecified atom stereocenters. The minimum atomic E-state index is -1.05. The van der Waals surface area contributed by atoms with Gasteiger partial charge in [-0.05, 0) is 31.2 Å². The summed E-state index contributed by atoms with van der Waals surface area (Å²) in [7, 11) is 0. The van der Waals surface area contributed by atoms with Crippen LogP contribution in [-0.4, -0.2) is 23.4 Å². The number of carbonyl (C=O) groups is 1. The summed E-state index contributed by atoms with van der Waals surface area (Å²) in [4.78, 5) is 10.6. The lowest BCUT2D eigenvalue weighted by atomic mass is 10.2. The first-order valence-electron chi connectivity index (χ1n) is 5.80. The normalized spacial score (nSPS) is 10.4. The first-order valence-corrected chi connectivity index (χ1v) is 6.79. The number of aromatic carboxylic acids is 1. The molecule has 1 aromatic carbocycles. The molecule has 2 aromatic rings. The molecule has 0 bridgehead atoms. The number of rotatable bonds is 6. The molecule has 0 aliphatic heterocycles. The van der Waals surface area contributed by atoms with E-state index in [0.29, 0.717) is 17.5 Å². The molecule has 1 heterocycles. The van der Waals surface area contributed by atoms with Gasteiger partial charge in [-0.15, -0.1) is 0 Å². The Balaban J connectivity index is 1.74. The van der Waals surface area contributed by atoms with Crippen molar-refractivity contribution in [3.8, 4) is 5.75 Å². The van der Waals surface area contributed by atoms with Gasteiger partial charge in [0.05, 0.1) is 6.61 Å². The SMILES string of the molecule is Cc1ccc(OCCSc2ccc(C(=O)O)o2)cc1. The summed E-state index contributed by atoms with van der Waals surface area (Å²) in [5, 5.41) is 9.30. The molecule has 1 aromatic heterocycles. The van der Waals surface area contributed by atoms with Crippen molar-refractivity contribution in [1.29, 1.82) is 0 Å². The molecule has 5 heteroatoms. The Labute approximate surface area is 115 Å². The molecular formula is C14H14O4S. The number of furan rings is 1. The largest absolute Gasteiger partial charge is 0.493 e. The van der Waals surface area contributed by atoms with Crippen LogP contribution in [0.5, 0.6) is 5.75 Å². The Morgan fingerprint density at radius 1 is 1.26 bits per heavy atom. The minimum absolute atomic E-state index is 0.0399. The number of hydrogen-bond donors (Lipinski definition) is 1. The van der Waals surface area contributed by atoms with Crippen LogP contribution in [0.3, 0.4) is 0 Å². The summed E-state index contributed by atoms with van der Waals surface area (Å²) in [5.74, 6) is 0.432.